The van der Waals surface area contributed by atoms with Gasteiger partial charge < -0.3 is 15.0 Å². The molecular weight excluding hydrogens is 347 g/mol. The van der Waals surface area contributed by atoms with Gasteiger partial charge in [0.1, 0.15) is 5.75 Å². The molecular formula is C17H26Cl2N4O. The molecule has 1 unspecified atom stereocenters. The Kier molecular flexibility index (Phi) is 9.14. The minimum absolute atomic E-state index is 0. The van der Waals surface area contributed by atoms with Crippen LogP contribution < -0.4 is 10.5 Å². The molecule has 0 aliphatic carbocycles. The van der Waals surface area contributed by atoms with Crippen molar-refractivity contribution in [3.05, 3.63) is 48.5 Å². The number of rotatable bonds is 7. The summed E-state index contributed by atoms with van der Waals surface area (Å²) >= 11 is 0. The van der Waals surface area contributed by atoms with Gasteiger partial charge in [-0.25, -0.2) is 4.98 Å². The number of hydrogen-bond donors (Lipinski definition) is 1. The number of aryl methyl sites for hydroxylation is 1. The number of nitrogens with two attached hydrogens (primary N) is 1. The van der Waals surface area contributed by atoms with Gasteiger partial charge in [-0.1, -0.05) is 18.2 Å². The zero-order chi connectivity index (χ0) is 15.2. The second-order valence-corrected chi connectivity index (χ2v) is 5.89. The van der Waals surface area contributed by atoms with Gasteiger partial charge in [0, 0.05) is 50.2 Å². The van der Waals surface area contributed by atoms with E-state index in [2.05, 4.69) is 32.7 Å². The van der Waals surface area contributed by atoms with Crippen LogP contribution in [0.1, 0.15) is 18.4 Å². The summed E-state index contributed by atoms with van der Waals surface area (Å²) in [7, 11) is 0. The number of nitrogens with zero attached hydrogens (tertiary/aromatic N) is 3. The van der Waals surface area contributed by atoms with Crippen LogP contribution in [0.2, 0.25) is 0 Å². The zero-order valence-corrected chi connectivity index (χ0v) is 15.3. The first-order valence-corrected chi connectivity index (χ1v) is 7.95. The Bertz CT molecular complexity index is 580. The fourth-order valence-corrected chi connectivity index (χ4v) is 2.87. The molecule has 0 saturated carbocycles. The first-order valence-electron chi connectivity index (χ1n) is 7.95. The zero-order valence-electron chi connectivity index (χ0n) is 13.7. The molecule has 1 fully saturated rings. The Morgan fingerprint density at radius 2 is 2.08 bits per heavy atom. The third-order valence-electron chi connectivity index (χ3n) is 4.05. The lowest BCUT2D eigenvalue weighted by molar-refractivity contribution is 0.283. The highest BCUT2D eigenvalue weighted by molar-refractivity contribution is 5.85. The van der Waals surface area contributed by atoms with Gasteiger partial charge >= 0.3 is 0 Å². The summed E-state index contributed by atoms with van der Waals surface area (Å²) in [6.45, 7) is 4.63. The highest BCUT2D eigenvalue weighted by Crippen LogP contribution is 2.22. The van der Waals surface area contributed by atoms with Gasteiger partial charge in [-0.15, -0.1) is 24.8 Å². The Labute approximate surface area is 156 Å². The number of aromatic nitrogens is 2. The number of likely N-dealkylation sites (tertiary alicyclic amines) is 1. The first kappa shape index (κ1) is 20.8. The van der Waals surface area contributed by atoms with Crippen molar-refractivity contribution in [1.29, 1.82) is 0 Å². The Morgan fingerprint density at radius 1 is 1.25 bits per heavy atom. The molecule has 2 heterocycles. The summed E-state index contributed by atoms with van der Waals surface area (Å²) in [5.41, 5.74) is 7.23. The normalized spacial score (nSPS) is 17.1. The topological polar surface area (TPSA) is 56.3 Å². The Morgan fingerprint density at radius 3 is 2.79 bits per heavy atom. The van der Waals surface area contributed by atoms with Gasteiger partial charge in [0.2, 0.25) is 0 Å². The maximum atomic E-state index is 5.98. The third-order valence-corrected chi connectivity index (χ3v) is 4.05. The average Bonchev–Trinajstić information content (AvgIpc) is 3.17. The van der Waals surface area contributed by atoms with Crippen LogP contribution in [0.5, 0.6) is 5.75 Å². The summed E-state index contributed by atoms with van der Waals surface area (Å²) < 4.78 is 8.05. The summed E-state index contributed by atoms with van der Waals surface area (Å²) in [6.07, 6.45) is 7.68. The van der Waals surface area contributed by atoms with E-state index in [-0.39, 0.29) is 24.8 Å². The van der Waals surface area contributed by atoms with Crippen molar-refractivity contribution in [2.75, 3.05) is 19.7 Å². The van der Waals surface area contributed by atoms with Gasteiger partial charge in [-0.3, -0.25) is 4.90 Å². The molecule has 5 nitrogen and oxygen atoms in total. The van der Waals surface area contributed by atoms with Crippen LogP contribution in [-0.4, -0.2) is 40.2 Å². The molecule has 3 rings (SSSR count). The van der Waals surface area contributed by atoms with Gasteiger partial charge in [0.25, 0.3) is 0 Å². The second kappa shape index (κ2) is 10.6. The van der Waals surface area contributed by atoms with Crippen molar-refractivity contribution in [3.8, 4) is 5.75 Å². The minimum atomic E-state index is 0. The highest BCUT2D eigenvalue weighted by atomic mass is 35.5. The van der Waals surface area contributed by atoms with Crippen LogP contribution in [-0.2, 0) is 13.1 Å². The van der Waals surface area contributed by atoms with Gasteiger partial charge in [-0.2, -0.15) is 0 Å². The molecule has 2 aromatic rings. The maximum Gasteiger partial charge on any atom is 0.123 e. The van der Waals surface area contributed by atoms with Crippen LogP contribution in [0.15, 0.2) is 43.0 Å². The summed E-state index contributed by atoms with van der Waals surface area (Å²) in [6, 6.07) is 8.63. The number of hydrogen-bond acceptors (Lipinski definition) is 4. The van der Waals surface area contributed by atoms with Crippen molar-refractivity contribution in [1.82, 2.24) is 14.5 Å². The number of halogens is 2. The van der Waals surface area contributed by atoms with E-state index in [9.17, 15) is 0 Å². The molecule has 1 aromatic heterocycles. The van der Waals surface area contributed by atoms with E-state index in [1.807, 2.05) is 18.6 Å². The molecule has 1 aliphatic rings. The Balaban J connectivity index is 0.00000144. The fraction of sp³-hybridized carbons (Fsp3) is 0.471. The van der Waals surface area contributed by atoms with E-state index in [0.717, 1.165) is 44.8 Å². The third kappa shape index (κ3) is 5.98. The maximum absolute atomic E-state index is 5.98. The first-order chi connectivity index (χ1) is 10.8. The van der Waals surface area contributed by atoms with Crippen molar-refractivity contribution < 1.29 is 4.74 Å². The van der Waals surface area contributed by atoms with E-state index < -0.39 is 0 Å². The standard InChI is InChI=1S/C17H24N4O.2ClH/c18-16-6-9-21(13-16)12-15-4-1-2-5-17(15)22-11-3-8-20-10-7-19-14-20;;/h1-2,4-5,7,10,14,16H,3,6,8-9,11-13,18H2;2*1H. The van der Waals surface area contributed by atoms with Crippen molar-refractivity contribution in [3.63, 3.8) is 0 Å². The van der Waals surface area contributed by atoms with Crippen molar-refractivity contribution in [2.45, 2.75) is 32.0 Å². The van der Waals surface area contributed by atoms with Gasteiger partial charge in [-0.05, 0) is 18.9 Å². The van der Waals surface area contributed by atoms with Crippen molar-refractivity contribution in [2.24, 2.45) is 5.73 Å². The molecule has 7 heteroatoms. The molecule has 134 valence electrons. The highest BCUT2D eigenvalue weighted by Gasteiger charge is 2.19. The number of benzene rings is 1. The molecule has 1 aromatic carbocycles. The average molecular weight is 373 g/mol. The van der Waals surface area contributed by atoms with Crippen LogP contribution in [0, 0.1) is 0 Å². The number of para-hydroxylation sites is 1. The fourth-order valence-electron chi connectivity index (χ4n) is 2.87. The van der Waals surface area contributed by atoms with E-state index in [1.54, 1.807) is 6.20 Å². The van der Waals surface area contributed by atoms with Crippen LogP contribution in [0.3, 0.4) is 0 Å². The lowest BCUT2D eigenvalue weighted by atomic mass is 10.2. The number of imidazole rings is 1. The molecule has 0 bridgehead atoms. The predicted molar refractivity (Wildman–Crippen MR) is 101 cm³/mol. The van der Waals surface area contributed by atoms with E-state index in [4.69, 9.17) is 10.5 Å². The second-order valence-electron chi connectivity index (χ2n) is 5.89. The Hall–Kier alpha value is -1.27. The molecule has 0 spiro atoms. The molecule has 2 N–H and O–H groups in total. The monoisotopic (exact) mass is 372 g/mol. The SMILES string of the molecule is Cl.Cl.NC1CCN(Cc2ccccc2OCCCn2ccnc2)C1. The predicted octanol–water partition coefficient (Wildman–Crippen LogP) is 2.73. The largest absolute Gasteiger partial charge is 0.493 e. The van der Waals surface area contributed by atoms with Crippen LogP contribution in [0.25, 0.3) is 0 Å². The lowest BCUT2D eigenvalue weighted by Crippen LogP contribution is -2.26. The molecule has 1 aliphatic heterocycles. The summed E-state index contributed by atoms with van der Waals surface area (Å²) in [5.74, 6) is 0.994. The summed E-state index contributed by atoms with van der Waals surface area (Å²) in [4.78, 5) is 6.44. The smallest absolute Gasteiger partial charge is 0.123 e. The quantitative estimate of drug-likeness (QED) is 0.759. The summed E-state index contributed by atoms with van der Waals surface area (Å²) in [5, 5.41) is 0. The molecule has 0 amide bonds. The van der Waals surface area contributed by atoms with Gasteiger partial charge in [0.05, 0.1) is 12.9 Å². The van der Waals surface area contributed by atoms with E-state index >= 15 is 0 Å². The lowest BCUT2D eigenvalue weighted by Gasteiger charge is -2.18. The van der Waals surface area contributed by atoms with Crippen LogP contribution >= 0.6 is 24.8 Å². The molecule has 1 saturated heterocycles. The van der Waals surface area contributed by atoms with E-state index in [1.165, 1.54) is 5.56 Å². The van der Waals surface area contributed by atoms with Crippen molar-refractivity contribution >= 4 is 24.8 Å². The number of ether oxygens (including phenoxy) is 1. The van der Waals surface area contributed by atoms with Gasteiger partial charge in [0.15, 0.2) is 0 Å². The molecule has 24 heavy (non-hydrogen) atoms. The molecule has 0 radical (unpaired) electrons. The molecule has 1 atom stereocenters. The van der Waals surface area contributed by atoms with E-state index in [0.29, 0.717) is 12.6 Å². The van der Waals surface area contributed by atoms with Crippen LogP contribution in [0.4, 0.5) is 0 Å². The minimum Gasteiger partial charge on any atom is -0.493 e.